The summed E-state index contributed by atoms with van der Waals surface area (Å²) in [7, 11) is 0. The molecule has 0 aliphatic carbocycles. The van der Waals surface area contributed by atoms with Crippen LogP contribution < -0.4 is 5.32 Å². The van der Waals surface area contributed by atoms with Crippen LogP contribution in [0.1, 0.15) is 53.8 Å². The molecule has 0 spiro atoms. The maximum atomic E-state index is 11.3. The number of carbonyl (C=O) groups is 1. The van der Waals surface area contributed by atoms with E-state index >= 15 is 0 Å². The third-order valence-corrected chi connectivity index (χ3v) is 5.36. The van der Waals surface area contributed by atoms with Crippen molar-refractivity contribution in [3.8, 4) is 5.69 Å². The first kappa shape index (κ1) is 16.1. The van der Waals surface area contributed by atoms with Crippen molar-refractivity contribution in [2.24, 2.45) is 0 Å². The van der Waals surface area contributed by atoms with Crippen molar-refractivity contribution in [3.63, 3.8) is 0 Å². The Morgan fingerprint density at radius 2 is 2.28 bits per heavy atom. The molecule has 0 bridgehead atoms. The molecule has 1 saturated heterocycles. The quantitative estimate of drug-likeness (QED) is 0.895. The zero-order valence-corrected chi connectivity index (χ0v) is 14.5. The maximum absolute atomic E-state index is 11.3. The molecule has 1 fully saturated rings. The van der Waals surface area contributed by atoms with Crippen LogP contribution in [0.5, 0.6) is 0 Å². The molecule has 132 valence electrons. The Kier molecular flexibility index (Phi) is 4.21. The second-order valence-corrected chi connectivity index (χ2v) is 6.80. The minimum absolute atomic E-state index is 0.286. The number of piperidine rings is 1. The average molecular weight is 340 g/mol. The number of carboxylic acid groups (broad SMARTS) is 1. The molecule has 1 aromatic heterocycles. The molecule has 2 aromatic rings. The molecule has 1 aromatic carbocycles. The topological polar surface area (TPSA) is 70.4 Å². The zero-order chi connectivity index (χ0) is 17.4. The van der Waals surface area contributed by atoms with E-state index in [1.54, 1.807) is 18.2 Å². The van der Waals surface area contributed by atoms with Gasteiger partial charge in [-0.05, 0) is 50.6 Å². The molecule has 4 rings (SSSR count). The lowest BCUT2D eigenvalue weighted by Crippen LogP contribution is -2.34. The van der Waals surface area contributed by atoms with Crippen LogP contribution in [0.15, 0.2) is 24.3 Å². The van der Waals surface area contributed by atoms with Crippen molar-refractivity contribution in [2.75, 3.05) is 25.0 Å². The minimum atomic E-state index is -0.914. The van der Waals surface area contributed by atoms with Crippen LogP contribution in [-0.2, 0) is 6.42 Å². The van der Waals surface area contributed by atoms with Gasteiger partial charge in [-0.25, -0.2) is 9.48 Å². The number of nitrogens with zero attached hydrogens (tertiary/aromatic N) is 3. The Bertz CT molecular complexity index is 799. The van der Waals surface area contributed by atoms with Gasteiger partial charge in [0.1, 0.15) is 5.82 Å². The van der Waals surface area contributed by atoms with Crippen molar-refractivity contribution >= 4 is 11.8 Å². The molecule has 0 radical (unpaired) electrons. The molecule has 25 heavy (non-hydrogen) atoms. The normalized spacial score (nSPS) is 20.3. The van der Waals surface area contributed by atoms with Gasteiger partial charge in [-0.3, -0.25) is 4.90 Å². The molecule has 1 atom stereocenters. The number of rotatable bonds is 4. The lowest BCUT2D eigenvalue weighted by molar-refractivity contribution is 0.0697. The summed E-state index contributed by atoms with van der Waals surface area (Å²) in [6.45, 7) is 5.29. The largest absolute Gasteiger partial charge is 0.478 e. The number of fused-ring (bicyclic) bond motifs is 1. The third kappa shape index (κ3) is 2.80. The van der Waals surface area contributed by atoms with Crippen LogP contribution >= 0.6 is 0 Å². The fourth-order valence-corrected chi connectivity index (χ4v) is 4.11. The highest BCUT2D eigenvalue weighted by atomic mass is 16.4. The third-order valence-electron chi connectivity index (χ3n) is 5.36. The summed E-state index contributed by atoms with van der Waals surface area (Å²) in [6.07, 6.45) is 4.63. The van der Waals surface area contributed by atoms with Crippen LogP contribution in [0, 0.1) is 0 Å². The van der Waals surface area contributed by atoms with Crippen molar-refractivity contribution in [2.45, 2.75) is 38.6 Å². The highest BCUT2D eigenvalue weighted by molar-refractivity contribution is 5.88. The van der Waals surface area contributed by atoms with E-state index in [0.717, 1.165) is 44.0 Å². The van der Waals surface area contributed by atoms with Gasteiger partial charge in [0, 0.05) is 12.1 Å². The molecule has 6 heteroatoms. The van der Waals surface area contributed by atoms with Gasteiger partial charge < -0.3 is 10.4 Å². The van der Waals surface area contributed by atoms with E-state index in [-0.39, 0.29) is 5.56 Å². The van der Waals surface area contributed by atoms with Gasteiger partial charge in [-0.1, -0.05) is 19.4 Å². The zero-order valence-electron chi connectivity index (χ0n) is 14.5. The number of hydrogen-bond donors (Lipinski definition) is 2. The summed E-state index contributed by atoms with van der Waals surface area (Å²) in [4.78, 5) is 13.8. The summed E-state index contributed by atoms with van der Waals surface area (Å²) < 4.78 is 1.90. The van der Waals surface area contributed by atoms with Gasteiger partial charge in [0.25, 0.3) is 0 Å². The van der Waals surface area contributed by atoms with Crippen molar-refractivity contribution in [1.82, 2.24) is 14.7 Å². The molecule has 1 unspecified atom stereocenters. The van der Waals surface area contributed by atoms with Crippen LogP contribution in [0.4, 0.5) is 5.82 Å². The molecular weight excluding hydrogens is 316 g/mol. The molecule has 3 heterocycles. The summed E-state index contributed by atoms with van der Waals surface area (Å²) >= 11 is 0. The molecule has 2 N–H and O–H groups in total. The summed E-state index contributed by atoms with van der Waals surface area (Å²) in [5.41, 5.74) is 3.55. The van der Waals surface area contributed by atoms with Crippen molar-refractivity contribution in [1.29, 1.82) is 0 Å². The Morgan fingerprint density at radius 1 is 1.40 bits per heavy atom. The Balaban J connectivity index is 1.78. The van der Waals surface area contributed by atoms with E-state index in [1.807, 2.05) is 10.7 Å². The molecule has 2 aliphatic rings. The maximum Gasteiger partial charge on any atom is 0.335 e. The summed E-state index contributed by atoms with van der Waals surface area (Å²) in [5.74, 6) is 0.113. The second kappa shape index (κ2) is 6.52. The number of aromatic carboxylic acids is 1. The van der Waals surface area contributed by atoms with E-state index in [2.05, 4.69) is 17.1 Å². The van der Waals surface area contributed by atoms with Gasteiger partial charge in [-0.2, -0.15) is 5.10 Å². The number of hydrogen-bond acceptors (Lipinski definition) is 4. The van der Waals surface area contributed by atoms with Crippen LogP contribution in [0.25, 0.3) is 5.69 Å². The first-order valence-electron chi connectivity index (χ1n) is 9.12. The van der Waals surface area contributed by atoms with Crippen LogP contribution in [0.2, 0.25) is 0 Å². The Hall–Kier alpha value is -2.34. The number of nitrogens with one attached hydrogen (secondary N) is 1. The first-order chi connectivity index (χ1) is 12.2. The van der Waals surface area contributed by atoms with Crippen molar-refractivity contribution in [3.05, 3.63) is 41.1 Å². The Morgan fingerprint density at radius 3 is 3.08 bits per heavy atom. The lowest BCUT2D eigenvalue weighted by atomic mass is 9.96. The molecule has 0 amide bonds. The number of aromatic nitrogens is 2. The van der Waals surface area contributed by atoms with Gasteiger partial charge in [0.15, 0.2) is 0 Å². The second-order valence-electron chi connectivity index (χ2n) is 6.80. The van der Waals surface area contributed by atoms with Gasteiger partial charge in [-0.15, -0.1) is 0 Å². The highest BCUT2D eigenvalue weighted by Crippen LogP contribution is 2.37. The number of benzene rings is 1. The fraction of sp³-hybridized carbons (Fsp3) is 0.474. The molecular formula is C19H24N4O2. The van der Waals surface area contributed by atoms with Crippen LogP contribution in [-0.4, -0.2) is 45.4 Å². The average Bonchev–Trinajstić information content (AvgIpc) is 3.24. The Labute approximate surface area is 147 Å². The standard InChI is InChI=1S/C19H24N4O2/c1-2-22-11-4-3-8-16(22)17-15-9-10-20-18(15)23(21-17)14-7-5-6-13(12-14)19(24)25/h5-7,12,16,20H,2-4,8-11H2,1H3,(H,24,25). The van der Waals surface area contributed by atoms with Gasteiger partial charge in [0.05, 0.1) is 23.0 Å². The SMILES string of the molecule is CCN1CCCCC1c1nn(-c2cccc(C(=O)O)c2)c2c1CCN2. The number of likely N-dealkylation sites (tertiary alicyclic amines) is 1. The molecule has 0 saturated carbocycles. The molecule has 6 nitrogen and oxygen atoms in total. The molecule has 2 aliphatic heterocycles. The van der Waals surface area contributed by atoms with E-state index in [1.165, 1.54) is 24.1 Å². The van der Waals surface area contributed by atoms with Crippen LogP contribution in [0.3, 0.4) is 0 Å². The highest BCUT2D eigenvalue weighted by Gasteiger charge is 2.32. The van der Waals surface area contributed by atoms with E-state index in [4.69, 9.17) is 5.10 Å². The summed E-state index contributed by atoms with van der Waals surface area (Å²) in [5, 5.41) is 17.7. The minimum Gasteiger partial charge on any atom is -0.478 e. The smallest absolute Gasteiger partial charge is 0.335 e. The predicted octanol–water partition coefficient (Wildman–Crippen LogP) is 3.09. The van der Waals surface area contributed by atoms with E-state index in [0.29, 0.717) is 6.04 Å². The number of anilines is 1. The number of carboxylic acids is 1. The van der Waals surface area contributed by atoms with Gasteiger partial charge >= 0.3 is 5.97 Å². The first-order valence-corrected chi connectivity index (χ1v) is 9.12. The van der Waals surface area contributed by atoms with Crippen molar-refractivity contribution < 1.29 is 9.90 Å². The summed E-state index contributed by atoms with van der Waals surface area (Å²) in [6, 6.07) is 7.38. The van der Waals surface area contributed by atoms with E-state index in [9.17, 15) is 9.90 Å². The predicted molar refractivity (Wildman–Crippen MR) is 96.6 cm³/mol. The van der Waals surface area contributed by atoms with Gasteiger partial charge in [0.2, 0.25) is 0 Å². The monoisotopic (exact) mass is 340 g/mol. The van der Waals surface area contributed by atoms with E-state index < -0.39 is 5.97 Å². The fourth-order valence-electron chi connectivity index (χ4n) is 4.11. The lowest BCUT2D eigenvalue weighted by Gasteiger charge is -2.34.